The van der Waals surface area contributed by atoms with Gasteiger partial charge in [-0.05, 0) is 119 Å². The summed E-state index contributed by atoms with van der Waals surface area (Å²) in [6.07, 6.45) is 3.68. The minimum Gasteiger partial charge on any atom is -0.496 e. The van der Waals surface area contributed by atoms with E-state index < -0.39 is 18.1 Å². The molecule has 0 unspecified atom stereocenters. The molecule has 7 rings (SSSR count). The maximum atomic E-state index is 14.9. The Bertz CT molecular complexity index is 2060. The number of hydrogen-bond acceptors (Lipinski definition) is 10. The largest absolute Gasteiger partial charge is 0.496 e. The number of Topliss-reactive ketones (excluding diaryl/α,β-unsaturated/α-hetero) is 1. The lowest BCUT2D eigenvalue weighted by Crippen LogP contribution is -2.62. The van der Waals surface area contributed by atoms with E-state index in [1.165, 1.54) is 6.42 Å². The van der Waals surface area contributed by atoms with Gasteiger partial charge in [-0.1, -0.05) is 76.2 Å². The van der Waals surface area contributed by atoms with Crippen LogP contribution >= 0.6 is 0 Å². The molecule has 350 valence electrons. The van der Waals surface area contributed by atoms with Crippen LogP contribution in [0.4, 0.5) is 5.69 Å². The van der Waals surface area contributed by atoms with Crippen LogP contribution in [0.25, 0.3) is 11.1 Å². The number of para-hydroxylation sites is 1. The van der Waals surface area contributed by atoms with Crippen molar-refractivity contribution in [1.82, 2.24) is 25.5 Å². The number of amides is 2. The second kappa shape index (κ2) is 21.3. The van der Waals surface area contributed by atoms with Gasteiger partial charge in [-0.15, -0.1) is 0 Å². The Morgan fingerprint density at radius 2 is 1.70 bits per heavy atom. The van der Waals surface area contributed by atoms with Gasteiger partial charge in [-0.25, -0.2) is 0 Å². The van der Waals surface area contributed by atoms with E-state index in [0.717, 1.165) is 47.3 Å². The first-order valence-corrected chi connectivity index (χ1v) is 23.4. The molecule has 64 heavy (non-hydrogen) atoms. The third-order valence-corrected chi connectivity index (χ3v) is 14.7. The van der Waals surface area contributed by atoms with Crippen LogP contribution in [0.15, 0.2) is 66.7 Å². The van der Waals surface area contributed by atoms with Crippen LogP contribution in [0.2, 0.25) is 0 Å². The number of hydrogen-bond donors (Lipinski definition) is 3. The molecule has 1 heterocycles. The van der Waals surface area contributed by atoms with E-state index in [1.54, 1.807) is 12.2 Å². The first-order valence-electron chi connectivity index (χ1n) is 23.4. The SMILES string of the molecule is COc1c(CN2O[C@@H](CO)[C@@H]([C@H](C)CC(=O)CCCN(C)C)[C@H]2C(=O)N[C@H]2C[C@@H]3C[C@@H]([C@@H]2C)C3(C)C)cccc1-c1cc(C(=O)N[C@@H](Cc2ccccc2)CN(C)C)cc(N(C)C)c1. The molecule has 2 bridgehead atoms. The van der Waals surface area contributed by atoms with Crippen molar-refractivity contribution >= 4 is 23.3 Å². The second-order valence-corrected chi connectivity index (χ2v) is 20.4. The summed E-state index contributed by atoms with van der Waals surface area (Å²) in [5.41, 5.74) is 5.19. The standard InChI is InChI=1S/C52H76N6O6/c1-33(23-42(60)20-16-22-55(5)6)47-46(32-59)64-58(48(47)51(62)54-45-29-39-28-44(34(45)2)52(39,3)4)30-36-19-15-21-43(49(36)63-11)37-25-38(27-41(26-37)57(9)10)50(61)53-40(31-56(7)8)24-35-17-13-12-14-18-35/h12-15,17-19,21,25-27,33-34,39-40,44-48,59H,16,20,22-24,28-32H2,1-11H3,(H,53,61)(H,54,62)/t33-,34+,39+,40+,44+,45+,46+,47-,48+/m1/s1. The van der Waals surface area contributed by atoms with Gasteiger partial charge in [0.15, 0.2) is 0 Å². The van der Waals surface area contributed by atoms with Crippen molar-refractivity contribution in [3.05, 3.63) is 83.4 Å². The Labute approximate surface area is 383 Å². The average molecular weight is 881 g/mol. The second-order valence-electron chi connectivity index (χ2n) is 20.4. The molecule has 3 N–H and O–H groups in total. The molecule has 0 aromatic heterocycles. The number of aliphatic hydroxyl groups excluding tert-OH is 1. The van der Waals surface area contributed by atoms with Crippen LogP contribution in [-0.2, 0) is 27.4 Å². The molecule has 0 spiro atoms. The van der Waals surface area contributed by atoms with Crippen molar-refractivity contribution in [2.45, 2.75) is 97.0 Å². The van der Waals surface area contributed by atoms with Gasteiger partial charge in [0, 0.05) is 73.9 Å². The molecule has 4 fully saturated rings. The maximum Gasteiger partial charge on any atom is 0.251 e. The molecule has 1 aliphatic heterocycles. The summed E-state index contributed by atoms with van der Waals surface area (Å²) < 4.78 is 6.22. The number of aliphatic hydroxyl groups is 1. The van der Waals surface area contributed by atoms with E-state index in [1.807, 2.05) is 103 Å². The van der Waals surface area contributed by atoms with Gasteiger partial charge in [0.25, 0.3) is 5.91 Å². The Morgan fingerprint density at radius 1 is 0.969 bits per heavy atom. The van der Waals surface area contributed by atoms with E-state index >= 15 is 0 Å². The lowest BCUT2D eigenvalue weighted by Gasteiger charge is -2.62. The molecule has 0 radical (unpaired) electrons. The molecular formula is C52H76N6O6. The van der Waals surface area contributed by atoms with Crippen molar-refractivity contribution in [2.75, 3.05) is 74.0 Å². The van der Waals surface area contributed by atoms with Crippen LogP contribution in [0.1, 0.15) is 81.3 Å². The summed E-state index contributed by atoms with van der Waals surface area (Å²) in [5.74, 6) is 1.23. The molecular weight excluding hydrogens is 805 g/mol. The highest BCUT2D eigenvalue weighted by molar-refractivity contribution is 5.97. The Morgan fingerprint density at radius 3 is 2.33 bits per heavy atom. The smallest absolute Gasteiger partial charge is 0.251 e. The normalized spacial score (nSPS) is 24.8. The highest BCUT2D eigenvalue weighted by Gasteiger charge is 2.57. The number of nitrogens with zero attached hydrogens (tertiary/aromatic N) is 4. The fourth-order valence-corrected chi connectivity index (χ4v) is 11.0. The van der Waals surface area contributed by atoms with Gasteiger partial charge in [0.1, 0.15) is 23.7 Å². The first kappa shape index (κ1) is 49.1. The van der Waals surface area contributed by atoms with Crippen molar-refractivity contribution < 1.29 is 29.1 Å². The molecule has 9 atom stereocenters. The Hall–Kier alpha value is -4.33. The summed E-state index contributed by atoms with van der Waals surface area (Å²) in [4.78, 5) is 55.1. The van der Waals surface area contributed by atoms with Crippen LogP contribution in [0.5, 0.6) is 5.75 Å². The van der Waals surface area contributed by atoms with E-state index in [2.05, 4.69) is 59.4 Å². The third kappa shape index (κ3) is 11.4. The Kier molecular flexibility index (Phi) is 16.4. The summed E-state index contributed by atoms with van der Waals surface area (Å²) in [5, 5.41) is 19.4. The minimum absolute atomic E-state index is 0.0349. The topological polar surface area (TPSA) is 127 Å². The number of ketones is 1. The van der Waals surface area contributed by atoms with E-state index in [4.69, 9.17) is 9.57 Å². The lowest BCUT2D eigenvalue weighted by atomic mass is 9.45. The Balaban J connectivity index is 1.30. The summed E-state index contributed by atoms with van der Waals surface area (Å²) in [6, 6.07) is 21.1. The fraction of sp³-hybridized carbons (Fsp3) is 0.596. The van der Waals surface area contributed by atoms with Crippen molar-refractivity contribution in [2.24, 2.45) is 35.0 Å². The van der Waals surface area contributed by atoms with Gasteiger partial charge in [-0.2, -0.15) is 5.06 Å². The van der Waals surface area contributed by atoms with Gasteiger partial charge in [0.2, 0.25) is 5.91 Å². The van der Waals surface area contributed by atoms with Gasteiger partial charge < -0.3 is 35.2 Å². The summed E-state index contributed by atoms with van der Waals surface area (Å²) in [6.45, 7) is 10.4. The number of methoxy groups -OCH3 is 1. The molecule has 3 aromatic carbocycles. The molecule has 3 aromatic rings. The molecule has 12 nitrogen and oxygen atoms in total. The fourth-order valence-electron chi connectivity index (χ4n) is 11.0. The summed E-state index contributed by atoms with van der Waals surface area (Å²) >= 11 is 0. The minimum atomic E-state index is -0.757. The van der Waals surface area contributed by atoms with E-state index in [-0.39, 0.29) is 54.2 Å². The zero-order chi connectivity index (χ0) is 46.5. The highest BCUT2D eigenvalue weighted by atomic mass is 16.7. The number of carbonyl (C=O) groups is 3. The molecule has 12 heteroatoms. The number of anilines is 1. The van der Waals surface area contributed by atoms with Crippen LogP contribution < -0.4 is 20.3 Å². The van der Waals surface area contributed by atoms with Crippen LogP contribution in [-0.4, -0.2) is 131 Å². The zero-order valence-corrected chi connectivity index (χ0v) is 40.4. The highest BCUT2D eigenvalue weighted by Crippen LogP contribution is 2.61. The molecule has 4 aliphatic rings. The zero-order valence-electron chi connectivity index (χ0n) is 40.4. The van der Waals surface area contributed by atoms with Crippen LogP contribution in [0.3, 0.4) is 0 Å². The number of carbonyl (C=O) groups excluding carboxylic acids is 3. The number of hydroxylamine groups is 2. The van der Waals surface area contributed by atoms with E-state index in [9.17, 15) is 19.5 Å². The number of rotatable bonds is 21. The van der Waals surface area contributed by atoms with Crippen molar-refractivity contribution in [3.63, 3.8) is 0 Å². The summed E-state index contributed by atoms with van der Waals surface area (Å²) in [7, 11) is 13.6. The first-order chi connectivity index (χ1) is 30.4. The van der Waals surface area contributed by atoms with Gasteiger partial charge in [0.05, 0.1) is 20.3 Å². The lowest BCUT2D eigenvalue weighted by molar-refractivity contribution is -0.183. The monoisotopic (exact) mass is 881 g/mol. The van der Waals surface area contributed by atoms with Gasteiger partial charge in [-0.3, -0.25) is 19.2 Å². The molecule has 3 aliphatic carbocycles. The van der Waals surface area contributed by atoms with Crippen LogP contribution in [0, 0.1) is 35.0 Å². The third-order valence-electron chi connectivity index (χ3n) is 14.7. The van der Waals surface area contributed by atoms with Crippen molar-refractivity contribution in [3.8, 4) is 16.9 Å². The van der Waals surface area contributed by atoms with Gasteiger partial charge >= 0.3 is 0 Å². The van der Waals surface area contributed by atoms with E-state index in [0.29, 0.717) is 54.9 Å². The molecule has 3 saturated carbocycles. The number of likely N-dealkylation sites (N-methyl/N-ethyl adjacent to an activating group) is 1. The maximum absolute atomic E-state index is 14.9. The van der Waals surface area contributed by atoms with Crippen molar-refractivity contribution in [1.29, 1.82) is 0 Å². The number of fused-ring (bicyclic) bond motifs is 2. The molecule has 1 saturated heterocycles. The predicted molar refractivity (Wildman–Crippen MR) is 255 cm³/mol. The predicted octanol–water partition coefficient (Wildman–Crippen LogP) is 6.55. The number of ether oxygens (including phenoxy) is 1. The number of benzene rings is 3. The molecule has 2 amide bonds. The average Bonchev–Trinajstić information content (AvgIpc) is 3.62. The quantitative estimate of drug-likeness (QED) is 0.109. The number of nitrogens with one attached hydrogen (secondary N) is 2.